The van der Waals surface area contributed by atoms with Crippen molar-refractivity contribution >= 4 is 11.3 Å². The van der Waals surface area contributed by atoms with Crippen molar-refractivity contribution in [2.75, 3.05) is 6.54 Å². The summed E-state index contributed by atoms with van der Waals surface area (Å²) in [4.78, 5) is 5.47. The molecule has 1 atom stereocenters. The molecule has 13 heavy (non-hydrogen) atoms. The average molecular weight is 198 g/mol. The molecule has 0 spiro atoms. The first kappa shape index (κ1) is 10.7. The van der Waals surface area contributed by atoms with Gasteiger partial charge in [-0.3, -0.25) is 4.98 Å². The SMILES string of the molecule is CCCNC(CC)Cc1cncs1. The second kappa shape index (κ2) is 6.11. The summed E-state index contributed by atoms with van der Waals surface area (Å²) < 4.78 is 0. The predicted molar refractivity (Wildman–Crippen MR) is 58.2 cm³/mol. The van der Waals surface area contributed by atoms with Gasteiger partial charge in [0.25, 0.3) is 0 Å². The van der Waals surface area contributed by atoms with Crippen LogP contribution in [0.1, 0.15) is 31.6 Å². The number of hydrogen-bond acceptors (Lipinski definition) is 3. The average Bonchev–Trinajstić information content (AvgIpc) is 2.64. The van der Waals surface area contributed by atoms with Crippen molar-refractivity contribution in [3.63, 3.8) is 0 Å². The lowest BCUT2D eigenvalue weighted by Crippen LogP contribution is -2.30. The van der Waals surface area contributed by atoms with Crippen LogP contribution in [0.25, 0.3) is 0 Å². The quantitative estimate of drug-likeness (QED) is 0.759. The van der Waals surface area contributed by atoms with Crippen molar-refractivity contribution in [1.82, 2.24) is 10.3 Å². The number of nitrogens with zero attached hydrogens (tertiary/aromatic N) is 1. The van der Waals surface area contributed by atoms with Crippen molar-refractivity contribution in [3.05, 3.63) is 16.6 Å². The number of nitrogens with one attached hydrogen (secondary N) is 1. The Balaban J connectivity index is 2.31. The fraction of sp³-hybridized carbons (Fsp3) is 0.700. The molecular formula is C10H18N2S. The number of aromatic nitrogens is 1. The van der Waals surface area contributed by atoms with E-state index in [1.807, 2.05) is 11.7 Å². The van der Waals surface area contributed by atoms with Gasteiger partial charge in [0.1, 0.15) is 0 Å². The molecule has 3 heteroatoms. The molecule has 0 fully saturated rings. The predicted octanol–water partition coefficient (Wildman–Crippen LogP) is 2.46. The highest BCUT2D eigenvalue weighted by Crippen LogP contribution is 2.10. The van der Waals surface area contributed by atoms with Gasteiger partial charge in [0.15, 0.2) is 0 Å². The minimum Gasteiger partial charge on any atom is -0.314 e. The summed E-state index contributed by atoms with van der Waals surface area (Å²) in [5.41, 5.74) is 1.90. The van der Waals surface area contributed by atoms with Crippen molar-refractivity contribution < 1.29 is 0 Å². The zero-order chi connectivity index (χ0) is 9.52. The molecule has 0 aromatic carbocycles. The van der Waals surface area contributed by atoms with Crippen LogP contribution in [0, 0.1) is 0 Å². The van der Waals surface area contributed by atoms with Crippen molar-refractivity contribution in [1.29, 1.82) is 0 Å². The number of hydrogen-bond donors (Lipinski definition) is 1. The Morgan fingerprint density at radius 2 is 2.38 bits per heavy atom. The van der Waals surface area contributed by atoms with E-state index in [0.29, 0.717) is 6.04 Å². The Morgan fingerprint density at radius 3 is 2.92 bits per heavy atom. The zero-order valence-corrected chi connectivity index (χ0v) is 9.23. The topological polar surface area (TPSA) is 24.9 Å². The monoisotopic (exact) mass is 198 g/mol. The van der Waals surface area contributed by atoms with Gasteiger partial charge >= 0.3 is 0 Å². The van der Waals surface area contributed by atoms with E-state index in [-0.39, 0.29) is 0 Å². The molecular weight excluding hydrogens is 180 g/mol. The molecule has 1 rings (SSSR count). The third-order valence-corrected chi connectivity index (χ3v) is 2.91. The van der Waals surface area contributed by atoms with Crippen LogP contribution in [-0.2, 0) is 6.42 Å². The van der Waals surface area contributed by atoms with Crippen LogP contribution in [-0.4, -0.2) is 17.6 Å². The molecule has 1 aromatic heterocycles. The standard InChI is InChI=1S/C10H18N2S/c1-3-5-12-9(4-2)6-10-7-11-8-13-10/h7-9,12H,3-6H2,1-2H3. The van der Waals surface area contributed by atoms with Crippen LogP contribution >= 0.6 is 11.3 Å². The van der Waals surface area contributed by atoms with E-state index in [4.69, 9.17) is 0 Å². The molecule has 2 nitrogen and oxygen atoms in total. The third kappa shape index (κ3) is 3.87. The molecule has 0 bridgehead atoms. The summed E-state index contributed by atoms with van der Waals surface area (Å²) in [6.07, 6.45) is 5.50. The Morgan fingerprint density at radius 1 is 1.54 bits per heavy atom. The highest BCUT2D eigenvalue weighted by Gasteiger charge is 2.06. The molecule has 0 aliphatic rings. The first-order chi connectivity index (χ1) is 6.36. The van der Waals surface area contributed by atoms with E-state index in [9.17, 15) is 0 Å². The van der Waals surface area contributed by atoms with Gasteiger partial charge in [-0.05, 0) is 25.8 Å². The van der Waals surface area contributed by atoms with Crippen LogP contribution in [0.3, 0.4) is 0 Å². The molecule has 0 aliphatic heterocycles. The Kier molecular flexibility index (Phi) is 5.01. The fourth-order valence-corrected chi connectivity index (χ4v) is 1.97. The van der Waals surface area contributed by atoms with E-state index in [0.717, 1.165) is 13.0 Å². The van der Waals surface area contributed by atoms with Gasteiger partial charge in [0, 0.05) is 17.1 Å². The number of rotatable bonds is 6. The van der Waals surface area contributed by atoms with E-state index in [1.54, 1.807) is 11.3 Å². The highest BCUT2D eigenvalue weighted by molar-refractivity contribution is 7.09. The van der Waals surface area contributed by atoms with E-state index in [2.05, 4.69) is 24.1 Å². The Labute approximate surface area is 84.4 Å². The van der Waals surface area contributed by atoms with Crippen LogP contribution < -0.4 is 5.32 Å². The van der Waals surface area contributed by atoms with Gasteiger partial charge in [0.2, 0.25) is 0 Å². The summed E-state index contributed by atoms with van der Waals surface area (Å²) >= 11 is 1.75. The highest BCUT2D eigenvalue weighted by atomic mass is 32.1. The summed E-state index contributed by atoms with van der Waals surface area (Å²) in [5.74, 6) is 0. The largest absolute Gasteiger partial charge is 0.314 e. The van der Waals surface area contributed by atoms with Crippen LogP contribution in [0.15, 0.2) is 11.7 Å². The van der Waals surface area contributed by atoms with Gasteiger partial charge in [-0.25, -0.2) is 0 Å². The van der Waals surface area contributed by atoms with Crippen molar-refractivity contribution in [2.24, 2.45) is 0 Å². The van der Waals surface area contributed by atoms with E-state index in [1.165, 1.54) is 17.7 Å². The first-order valence-electron chi connectivity index (χ1n) is 4.97. The van der Waals surface area contributed by atoms with Crippen LogP contribution in [0.4, 0.5) is 0 Å². The van der Waals surface area contributed by atoms with Crippen LogP contribution in [0.5, 0.6) is 0 Å². The number of thiazole rings is 1. The molecule has 1 N–H and O–H groups in total. The van der Waals surface area contributed by atoms with Gasteiger partial charge in [-0.1, -0.05) is 13.8 Å². The maximum atomic E-state index is 4.08. The fourth-order valence-electron chi connectivity index (χ4n) is 1.30. The lowest BCUT2D eigenvalue weighted by molar-refractivity contribution is 0.497. The third-order valence-electron chi connectivity index (χ3n) is 2.11. The Bertz CT molecular complexity index is 209. The second-order valence-electron chi connectivity index (χ2n) is 3.23. The van der Waals surface area contributed by atoms with Gasteiger partial charge in [0.05, 0.1) is 5.51 Å². The zero-order valence-electron chi connectivity index (χ0n) is 8.42. The lowest BCUT2D eigenvalue weighted by atomic mass is 10.1. The van der Waals surface area contributed by atoms with E-state index >= 15 is 0 Å². The molecule has 0 saturated carbocycles. The molecule has 0 radical (unpaired) electrons. The Hall–Kier alpha value is -0.410. The molecule has 74 valence electrons. The molecule has 0 aliphatic carbocycles. The summed E-state index contributed by atoms with van der Waals surface area (Å²) in [5, 5.41) is 3.54. The van der Waals surface area contributed by atoms with Gasteiger partial charge in [-0.15, -0.1) is 11.3 Å². The normalized spacial score (nSPS) is 13.1. The summed E-state index contributed by atoms with van der Waals surface area (Å²) in [6.45, 7) is 5.55. The van der Waals surface area contributed by atoms with Gasteiger partial charge in [-0.2, -0.15) is 0 Å². The second-order valence-corrected chi connectivity index (χ2v) is 4.20. The summed E-state index contributed by atoms with van der Waals surface area (Å²) in [7, 11) is 0. The molecule has 1 unspecified atom stereocenters. The first-order valence-corrected chi connectivity index (χ1v) is 5.85. The smallest absolute Gasteiger partial charge is 0.0794 e. The molecule has 0 amide bonds. The molecule has 1 heterocycles. The minimum atomic E-state index is 0.625. The minimum absolute atomic E-state index is 0.625. The molecule has 0 saturated heterocycles. The maximum Gasteiger partial charge on any atom is 0.0794 e. The lowest BCUT2D eigenvalue weighted by Gasteiger charge is -2.14. The summed E-state index contributed by atoms with van der Waals surface area (Å²) in [6, 6.07) is 0.625. The van der Waals surface area contributed by atoms with Crippen molar-refractivity contribution in [2.45, 2.75) is 39.2 Å². The van der Waals surface area contributed by atoms with E-state index < -0.39 is 0 Å². The van der Waals surface area contributed by atoms with Crippen LogP contribution in [0.2, 0.25) is 0 Å². The van der Waals surface area contributed by atoms with Crippen molar-refractivity contribution in [3.8, 4) is 0 Å². The van der Waals surface area contributed by atoms with Gasteiger partial charge < -0.3 is 5.32 Å². The molecule has 1 aromatic rings. The maximum absolute atomic E-state index is 4.08.